The van der Waals surface area contributed by atoms with Gasteiger partial charge in [0.25, 0.3) is 0 Å². The fourth-order valence-electron chi connectivity index (χ4n) is 1.99. The van der Waals surface area contributed by atoms with Crippen molar-refractivity contribution in [3.8, 4) is 5.75 Å². The Morgan fingerprint density at radius 1 is 1.28 bits per heavy atom. The highest BCUT2D eigenvalue weighted by atomic mass is 16.5. The highest BCUT2D eigenvalue weighted by molar-refractivity contribution is 5.38. The molecular weight excluding hydrogens is 228 g/mol. The van der Waals surface area contributed by atoms with E-state index in [4.69, 9.17) is 4.74 Å². The van der Waals surface area contributed by atoms with Crippen molar-refractivity contribution < 1.29 is 9.84 Å². The van der Waals surface area contributed by atoms with Crippen LogP contribution in [0, 0.1) is 13.8 Å². The van der Waals surface area contributed by atoms with Crippen molar-refractivity contribution in [3.63, 3.8) is 0 Å². The maximum Gasteiger partial charge on any atom is 0.162 e. The molecule has 1 aromatic heterocycles. The lowest BCUT2D eigenvalue weighted by Crippen LogP contribution is -2.08. The van der Waals surface area contributed by atoms with Crippen LogP contribution in [0.15, 0.2) is 24.4 Å². The molecule has 0 amide bonds. The van der Waals surface area contributed by atoms with Crippen LogP contribution in [0.2, 0.25) is 0 Å². The summed E-state index contributed by atoms with van der Waals surface area (Å²) in [6, 6.07) is 5.93. The average Bonchev–Trinajstić information content (AvgIpc) is 2.73. The topological polar surface area (TPSA) is 47.3 Å². The predicted molar refractivity (Wildman–Crippen MR) is 69.7 cm³/mol. The van der Waals surface area contributed by atoms with E-state index in [0.717, 1.165) is 11.1 Å². The second-order valence-electron chi connectivity index (χ2n) is 4.47. The van der Waals surface area contributed by atoms with Gasteiger partial charge < -0.3 is 9.84 Å². The van der Waals surface area contributed by atoms with Gasteiger partial charge in [0.05, 0.1) is 13.3 Å². The van der Waals surface area contributed by atoms with Crippen LogP contribution in [0.4, 0.5) is 0 Å². The molecule has 0 aliphatic rings. The van der Waals surface area contributed by atoms with Crippen LogP contribution in [-0.2, 0) is 7.05 Å². The molecule has 1 N–H and O–H groups in total. The lowest BCUT2D eigenvalue weighted by atomic mass is 10.0. The number of hydrogen-bond acceptors (Lipinski definition) is 3. The standard InChI is InChI=1S/C14H18N2O2/c1-9-5-6-11(7-10(9)2)14(17)13-12(18-4)8-15-16(13)3/h5-8,14,17H,1-4H3. The number of aromatic nitrogens is 2. The quantitative estimate of drug-likeness (QED) is 0.902. The Kier molecular flexibility index (Phi) is 3.39. The molecule has 0 aliphatic carbocycles. The van der Waals surface area contributed by atoms with E-state index >= 15 is 0 Å². The molecule has 0 fully saturated rings. The Morgan fingerprint density at radius 2 is 2.00 bits per heavy atom. The Bertz CT molecular complexity index is 561. The maximum absolute atomic E-state index is 10.4. The van der Waals surface area contributed by atoms with E-state index in [-0.39, 0.29) is 0 Å². The average molecular weight is 246 g/mol. The number of methoxy groups -OCH3 is 1. The lowest BCUT2D eigenvalue weighted by Gasteiger charge is -2.14. The van der Waals surface area contributed by atoms with Gasteiger partial charge in [0.2, 0.25) is 0 Å². The first-order valence-corrected chi connectivity index (χ1v) is 5.85. The zero-order valence-electron chi connectivity index (χ0n) is 11.1. The summed E-state index contributed by atoms with van der Waals surface area (Å²) in [6.45, 7) is 4.09. The largest absolute Gasteiger partial charge is 0.493 e. The second kappa shape index (κ2) is 4.82. The van der Waals surface area contributed by atoms with Crippen molar-refractivity contribution in [1.82, 2.24) is 9.78 Å². The van der Waals surface area contributed by atoms with E-state index in [1.54, 1.807) is 25.0 Å². The van der Waals surface area contributed by atoms with Crippen LogP contribution in [0.25, 0.3) is 0 Å². The zero-order chi connectivity index (χ0) is 13.3. The summed E-state index contributed by atoms with van der Waals surface area (Å²) < 4.78 is 6.86. The van der Waals surface area contributed by atoms with Gasteiger partial charge in [-0.3, -0.25) is 4.68 Å². The van der Waals surface area contributed by atoms with Gasteiger partial charge >= 0.3 is 0 Å². The fourth-order valence-corrected chi connectivity index (χ4v) is 1.99. The van der Waals surface area contributed by atoms with Gasteiger partial charge in [0.1, 0.15) is 11.8 Å². The normalized spacial score (nSPS) is 12.5. The Balaban J connectivity index is 2.44. The first-order chi connectivity index (χ1) is 8.54. The van der Waals surface area contributed by atoms with E-state index in [0.29, 0.717) is 11.4 Å². The van der Waals surface area contributed by atoms with Gasteiger partial charge in [0, 0.05) is 7.05 Å². The lowest BCUT2D eigenvalue weighted by molar-refractivity contribution is 0.204. The third kappa shape index (κ3) is 2.11. The van der Waals surface area contributed by atoms with Crippen LogP contribution < -0.4 is 4.74 Å². The summed E-state index contributed by atoms with van der Waals surface area (Å²) in [4.78, 5) is 0. The number of nitrogens with zero attached hydrogens (tertiary/aromatic N) is 2. The van der Waals surface area contributed by atoms with Crippen LogP contribution in [0.1, 0.15) is 28.5 Å². The molecule has 0 bridgehead atoms. The molecule has 1 atom stereocenters. The molecule has 18 heavy (non-hydrogen) atoms. The van der Waals surface area contributed by atoms with E-state index < -0.39 is 6.10 Å². The van der Waals surface area contributed by atoms with Gasteiger partial charge in [-0.15, -0.1) is 0 Å². The minimum absolute atomic E-state index is 0.600. The number of aliphatic hydroxyl groups excluding tert-OH is 1. The van der Waals surface area contributed by atoms with Gasteiger partial charge in [-0.1, -0.05) is 18.2 Å². The van der Waals surface area contributed by atoms with Crippen molar-refractivity contribution in [1.29, 1.82) is 0 Å². The minimum atomic E-state index is -0.730. The molecule has 0 saturated heterocycles. The first-order valence-electron chi connectivity index (χ1n) is 5.85. The summed E-state index contributed by atoms with van der Waals surface area (Å²) in [5.41, 5.74) is 3.89. The molecule has 2 rings (SSSR count). The van der Waals surface area contributed by atoms with Crippen LogP contribution in [0.3, 0.4) is 0 Å². The fraction of sp³-hybridized carbons (Fsp3) is 0.357. The smallest absolute Gasteiger partial charge is 0.162 e. The Hall–Kier alpha value is -1.81. The monoisotopic (exact) mass is 246 g/mol. The van der Waals surface area contributed by atoms with Crippen LogP contribution >= 0.6 is 0 Å². The van der Waals surface area contributed by atoms with Crippen molar-refractivity contribution in [2.24, 2.45) is 7.05 Å². The number of aryl methyl sites for hydroxylation is 3. The van der Waals surface area contributed by atoms with Crippen molar-refractivity contribution in [2.45, 2.75) is 20.0 Å². The Labute approximate surface area is 107 Å². The van der Waals surface area contributed by atoms with Crippen molar-refractivity contribution in [2.75, 3.05) is 7.11 Å². The molecule has 1 aromatic carbocycles. The third-order valence-corrected chi connectivity index (χ3v) is 3.27. The summed E-state index contributed by atoms with van der Waals surface area (Å²) in [6.07, 6.45) is 0.881. The van der Waals surface area contributed by atoms with Crippen LogP contribution in [-0.4, -0.2) is 22.0 Å². The number of aliphatic hydroxyl groups is 1. The molecule has 0 radical (unpaired) electrons. The summed E-state index contributed by atoms with van der Waals surface area (Å²) in [5.74, 6) is 0.600. The van der Waals surface area contributed by atoms with E-state index in [9.17, 15) is 5.11 Å². The van der Waals surface area contributed by atoms with Gasteiger partial charge in [-0.25, -0.2) is 0 Å². The number of hydrogen-bond donors (Lipinski definition) is 1. The van der Waals surface area contributed by atoms with Gasteiger partial charge in [-0.05, 0) is 30.5 Å². The van der Waals surface area contributed by atoms with E-state index in [1.807, 2.05) is 25.1 Å². The predicted octanol–water partition coefficient (Wildman–Crippen LogP) is 2.13. The molecule has 1 unspecified atom stereocenters. The molecule has 4 heteroatoms. The highest BCUT2D eigenvalue weighted by Gasteiger charge is 2.20. The molecule has 0 spiro atoms. The van der Waals surface area contributed by atoms with E-state index in [1.165, 1.54) is 5.56 Å². The highest BCUT2D eigenvalue weighted by Crippen LogP contribution is 2.30. The number of ether oxygens (including phenoxy) is 1. The third-order valence-electron chi connectivity index (χ3n) is 3.27. The van der Waals surface area contributed by atoms with Crippen molar-refractivity contribution >= 4 is 0 Å². The number of rotatable bonds is 3. The molecule has 0 saturated carbocycles. The molecule has 4 nitrogen and oxygen atoms in total. The maximum atomic E-state index is 10.4. The summed E-state index contributed by atoms with van der Waals surface area (Å²) >= 11 is 0. The SMILES string of the molecule is COc1cnn(C)c1C(O)c1ccc(C)c(C)c1. The summed E-state index contributed by atoms with van der Waals surface area (Å²) in [7, 11) is 3.37. The van der Waals surface area contributed by atoms with Gasteiger partial charge in [0.15, 0.2) is 5.75 Å². The van der Waals surface area contributed by atoms with Crippen LogP contribution in [0.5, 0.6) is 5.75 Å². The molecule has 2 aromatic rings. The minimum Gasteiger partial charge on any atom is -0.493 e. The molecule has 0 aliphatic heterocycles. The number of benzene rings is 1. The molecule has 1 heterocycles. The molecular formula is C14H18N2O2. The first kappa shape index (κ1) is 12.6. The molecule has 96 valence electrons. The van der Waals surface area contributed by atoms with Crippen molar-refractivity contribution in [3.05, 3.63) is 46.8 Å². The zero-order valence-corrected chi connectivity index (χ0v) is 11.1. The van der Waals surface area contributed by atoms with Gasteiger partial charge in [-0.2, -0.15) is 5.10 Å². The summed E-state index contributed by atoms with van der Waals surface area (Å²) in [5, 5.41) is 14.6. The van der Waals surface area contributed by atoms with E-state index in [2.05, 4.69) is 12.0 Å². The Morgan fingerprint density at radius 3 is 2.61 bits per heavy atom. The second-order valence-corrected chi connectivity index (χ2v) is 4.47.